The highest BCUT2D eigenvalue weighted by Gasteiger charge is 2.16. The Labute approximate surface area is 120 Å². The standard InChI is InChI=1S/C16H20N2O2/c1-4-6-15(17)16(19)18(3)12-13-7-9-14(10-8-13)20-11-5-2/h1,5,7-10,15H,2,6,11-12,17H2,3H3. The van der Waals surface area contributed by atoms with Crippen LogP contribution < -0.4 is 10.5 Å². The van der Waals surface area contributed by atoms with Crippen molar-refractivity contribution >= 4 is 5.91 Å². The van der Waals surface area contributed by atoms with Gasteiger partial charge in [0.05, 0.1) is 6.04 Å². The molecule has 1 unspecified atom stereocenters. The molecule has 20 heavy (non-hydrogen) atoms. The second-order valence-corrected chi connectivity index (χ2v) is 4.45. The Hall–Kier alpha value is -2.25. The van der Waals surface area contributed by atoms with E-state index in [2.05, 4.69) is 12.5 Å². The Morgan fingerprint density at radius 3 is 2.75 bits per heavy atom. The molecule has 106 valence electrons. The molecule has 1 rings (SSSR count). The molecule has 0 aliphatic rings. The molecule has 1 aromatic rings. The largest absolute Gasteiger partial charge is 0.490 e. The van der Waals surface area contributed by atoms with Crippen molar-refractivity contribution in [2.24, 2.45) is 5.73 Å². The Kier molecular flexibility index (Phi) is 6.34. The first-order valence-corrected chi connectivity index (χ1v) is 6.35. The van der Waals surface area contributed by atoms with E-state index in [0.29, 0.717) is 13.2 Å². The smallest absolute Gasteiger partial charge is 0.240 e. The van der Waals surface area contributed by atoms with Gasteiger partial charge >= 0.3 is 0 Å². The molecule has 0 bridgehead atoms. The molecule has 0 radical (unpaired) electrons. The van der Waals surface area contributed by atoms with Crippen LogP contribution in [0.2, 0.25) is 0 Å². The summed E-state index contributed by atoms with van der Waals surface area (Å²) in [4.78, 5) is 13.5. The fourth-order valence-corrected chi connectivity index (χ4v) is 1.70. The van der Waals surface area contributed by atoms with Crippen LogP contribution in [0.4, 0.5) is 0 Å². The lowest BCUT2D eigenvalue weighted by molar-refractivity contribution is -0.131. The Morgan fingerprint density at radius 1 is 1.55 bits per heavy atom. The van der Waals surface area contributed by atoms with Gasteiger partial charge in [0, 0.05) is 20.0 Å². The molecule has 4 nitrogen and oxygen atoms in total. The van der Waals surface area contributed by atoms with Crippen LogP contribution in [0.3, 0.4) is 0 Å². The van der Waals surface area contributed by atoms with Gasteiger partial charge in [0.15, 0.2) is 0 Å². The number of nitrogens with two attached hydrogens (primary N) is 1. The zero-order valence-corrected chi connectivity index (χ0v) is 11.7. The zero-order chi connectivity index (χ0) is 15.0. The van der Waals surface area contributed by atoms with Crippen LogP contribution in [0, 0.1) is 12.3 Å². The first kappa shape index (κ1) is 15.8. The van der Waals surface area contributed by atoms with E-state index >= 15 is 0 Å². The number of carbonyl (C=O) groups excluding carboxylic acids is 1. The number of rotatable bonds is 7. The van der Waals surface area contributed by atoms with E-state index in [1.807, 2.05) is 24.3 Å². The second kappa shape index (κ2) is 8.03. The molecule has 0 aliphatic heterocycles. The van der Waals surface area contributed by atoms with Gasteiger partial charge in [-0.05, 0) is 17.7 Å². The third-order valence-corrected chi connectivity index (χ3v) is 2.74. The lowest BCUT2D eigenvalue weighted by atomic mass is 10.1. The maximum absolute atomic E-state index is 11.9. The number of nitrogens with zero attached hydrogens (tertiary/aromatic N) is 1. The zero-order valence-electron chi connectivity index (χ0n) is 11.7. The quantitative estimate of drug-likeness (QED) is 0.605. The first-order valence-electron chi connectivity index (χ1n) is 6.35. The minimum Gasteiger partial charge on any atom is -0.490 e. The molecule has 1 aromatic carbocycles. The highest BCUT2D eigenvalue weighted by Crippen LogP contribution is 2.13. The second-order valence-electron chi connectivity index (χ2n) is 4.45. The number of likely N-dealkylation sites (N-methyl/N-ethyl adjacent to an activating group) is 1. The third kappa shape index (κ3) is 4.79. The SMILES string of the molecule is C#CCC(N)C(=O)N(C)Cc1ccc(OCC=C)cc1. The molecule has 0 heterocycles. The number of hydrogen-bond acceptors (Lipinski definition) is 3. The van der Waals surface area contributed by atoms with Crippen molar-refractivity contribution in [1.82, 2.24) is 4.90 Å². The van der Waals surface area contributed by atoms with Crippen LogP contribution in [0.15, 0.2) is 36.9 Å². The third-order valence-electron chi connectivity index (χ3n) is 2.74. The van der Waals surface area contributed by atoms with Crippen molar-refractivity contribution in [2.75, 3.05) is 13.7 Å². The number of ether oxygens (including phenoxy) is 1. The monoisotopic (exact) mass is 272 g/mol. The Morgan fingerprint density at radius 2 is 2.20 bits per heavy atom. The van der Waals surface area contributed by atoms with Gasteiger partial charge in [-0.25, -0.2) is 0 Å². The summed E-state index contributed by atoms with van der Waals surface area (Å²) in [5, 5.41) is 0. The molecule has 0 aliphatic carbocycles. The minimum atomic E-state index is -0.639. The topological polar surface area (TPSA) is 55.6 Å². The number of terminal acetylenes is 1. The number of hydrogen-bond donors (Lipinski definition) is 1. The van der Waals surface area contributed by atoms with E-state index < -0.39 is 6.04 Å². The predicted octanol–water partition coefficient (Wildman–Crippen LogP) is 1.56. The molecule has 0 spiro atoms. The van der Waals surface area contributed by atoms with Gasteiger partial charge in [-0.1, -0.05) is 24.8 Å². The average Bonchev–Trinajstić information content (AvgIpc) is 2.46. The molecule has 0 aromatic heterocycles. The molecule has 0 fully saturated rings. The molecular weight excluding hydrogens is 252 g/mol. The Bertz CT molecular complexity index is 488. The van der Waals surface area contributed by atoms with Gasteiger partial charge in [0.1, 0.15) is 12.4 Å². The molecule has 4 heteroatoms. The number of amides is 1. The van der Waals surface area contributed by atoms with Crippen LogP contribution in [0.5, 0.6) is 5.75 Å². The predicted molar refractivity (Wildman–Crippen MR) is 80.0 cm³/mol. The van der Waals surface area contributed by atoms with Gasteiger partial charge in [0.25, 0.3) is 0 Å². The number of benzene rings is 1. The van der Waals surface area contributed by atoms with Gasteiger partial charge < -0.3 is 15.4 Å². The fraction of sp³-hybridized carbons (Fsp3) is 0.312. The minimum absolute atomic E-state index is 0.157. The van der Waals surface area contributed by atoms with Crippen molar-refractivity contribution < 1.29 is 9.53 Å². The first-order chi connectivity index (χ1) is 9.58. The lowest BCUT2D eigenvalue weighted by Crippen LogP contribution is -2.41. The van der Waals surface area contributed by atoms with Crippen molar-refractivity contribution in [2.45, 2.75) is 19.0 Å². The van der Waals surface area contributed by atoms with E-state index in [9.17, 15) is 4.79 Å². The molecular formula is C16H20N2O2. The summed E-state index contributed by atoms with van der Waals surface area (Å²) in [6.07, 6.45) is 7.09. The lowest BCUT2D eigenvalue weighted by Gasteiger charge is -2.20. The van der Waals surface area contributed by atoms with Crippen LogP contribution in [-0.2, 0) is 11.3 Å². The summed E-state index contributed by atoms with van der Waals surface area (Å²) in [6, 6.07) is 6.90. The maximum Gasteiger partial charge on any atom is 0.240 e. The van der Waals surface area contributed by atoms with Crippen molar-refractivity contribution in [3.05, 3.63) is 42.5 Å². The van der Waals surface area contributed by atoms with Crippen LogP contribution in [-0.4, -0.2) is 30.5 Å². The average molecular weight is 272 g/mol. The summed E-state index contributed by atoms with van der Waals surface area (Å²) in [5.41, 5.74) is 6.70. The van der Waals surface area contributed by atoms with Gasteiger partial charge in [-0.15, -0.1) is 12.3 Å². The van der Waals surface area contributed by atoms with Crippen LogP contribution in [0.25, 0.3) is 0 Å². The van der Waals surface area contributed by atoms with Crippen LogP contribution >= 0.6 is 0 Å². The normalized spacial score (nSPS) is 11.2. The van der Waals surface area contributed by atoms with E-state index in [1.54, 1.807) is 18.0 Å². The van der Waals surface area contributed by atoms with Gasteiger partial charge in [0.2, 0.25) is 5.91 Å². The Balaban J connectivity index is 2.57. The summed E-state index contributed by atoms with van der Waals surface area (Å²) < 4.78 is 5.39. The number of carbonyl (C=O) groups is 1. The molecule has 1 atom stereocenters. The van der Waals surface area contributed by atoms with Crippen molar-refractivity contribution in [1.29, 1.82) is 0 Å². The molecule has 1 amide bonds. The highest BCUT2D eigenvalue weighted by molar-refractivity contribution is 5.81. The molecule has 2 N–H and O–H groups in total. The maximum atomic E-state index is 11.9. The van der Waals surface area contributed by atoms with E-state index in [0.717, 1.165) is 11.3 Å². The summed E-state index contributed by atoms with van der Waals surface area (Å²) in [7, 11) is 1.71. The van der Waals surface area contributed by atoms with Crippen molar-refractivity contribution in [3.8, 4) is 18.1 Å². The summed E-state index contributed by atoms with van der Waals surface area (Å²) >= 11 is 0. The molecule has 0 saturated carbocycles. The van der Waals surface area contributed by atoms with E-state index in [4.69, 9.17) is 16.9 Å². The van der Waals surface area contributed by atoms with Crippen molar-refractivity contribution in [3.63, 3.8) is 0 Å². The highest BCUT2D eigenvalue weighted by atomic mass is 16.5. The molecule has 0 saturated heterocycles. The summed E-state index contributed by atoms with van der Waals surface area (Å²) in [6.45, 7) is 4.54. The van der Waals surface area contributed by atoms with E-state index in [-0.39, 0.29) is 12.3 Å². The fourth-order valence-electron chi connectivity index (χ4n) is 1.70. The van der Waals surface area contributed by atoms with Crippen LogP contribution in [0.1, 0.15) is 12.0 Å². The van der Waals surface area contributed by atoms with Gasteiger partial charge in [-0.3, -0.25) is 4.79 Å². The van der Waals surface area contributed by atoms with Gasteiger partial charge in [-0.2, -0.15) is 0 Å². The van der Waals surface area contributed by atoms with E-state index in [1.165, 1.54) is 0 Å². The summed E-state index contributed by atoms with van der Waals surface area (Å²) in [5.74, 6) is 3.01.